The number of thioether (sulfide) groups is 1. The summed E-state index contributed by atoms with van der Waals surface area (Å²) < 4.78 is 26.4. The lowest BCUT2D eigenvalue weighted by molar-refractivity contribution is -0.544. The number of hydrogen-bond donors (Lipinski definition) is 1. The number of piperidine rings is 1. The summed E-state index contributed by atoms with van der Waals surface area (Å²) in [5.74, 6) is -0.713. The number of nitrogens with zero attached hydrogens (tertiary/aromatic N) is 1. The molecule has 1 aliphatic rings. The molecule has 2 N–H and O–H groups in total. The van der Waals surface area contributed by atoms with Gasteiger partial charge in [-0.3, -0.25) is 0 Å². The predicted octanol–water partition coefficient (Wildman–Crippen LogP) is -1.85. The van der Waals surface area contributed by atoms with Crippen LogP contribution in [0, 0.1) is 0 Å². The first-order chi connectivity index (χ1) is 8.47. The molecule has 0 aromatic heterocycles. The van der Waals surface area contributed by atoms with Crippen molar-refractivity contribution in [2.24, 2.45) is 0 Å². The highest BCUT2D eigenvalue weighted by Gasteiger charge is 2.30. The van der Waals surface area contributed by atoms with Crippen molar-refractivity contribution >= 4 is 27.9 Å². The Bertz CT molecular complexity index is 366. The van der Waals surface area contributed by atoms with Crippen molar-refractivity contribution in [2.45, 2.75) is 31.7 Å². The Hall–Kier alpha value is -0.310. The van der Waals surface area contributed by atoms with E-state index in [1.54, 1.807) is 0 Å². The summed E-state index contributed by atoms with van der Waals surface area (Å²) in [4.78, 5) is 10.9. The average Bonchev–Trinajstić information content (AvgIpc) is 2.35. The van der Waals surface area contributed by atoms with Crippen LogP contribution >= 0.6 is 11.8 Å². The molecule has 0 amide bonds. The SMILES string of the molecule is CSCC[C@H]([NH2+]S(=O)(=O)N1CCCCC1)C(=O)[O-]. The number of hydrogen-bond acceptors (Lipinski definition) is 5. The van der Waals surface area contributed by atoms with Crippen LogP contribution in [0.2, 0.25) is 0 Å². The second-order valence-corrected chi connectivity index (χ2v) is 7.15. The van der Waals surface area contributed by atoms with Gasteiger partial charge in [0.15, 0.2) is 0 Å². The maximum absolute atomic E-state index is 12.0. The van der Waals surface area contributed by atoms with E-state index in [2.05, 4.69) is 0 Å². The van der Waals surface area contributed by atoms with Crippen LogP contribution in [-0.4, -0.2) is 49.8 Å². The Morgan fingerprint density at radius 2 is 2.00 bits per heavy atom. The molecule has 18 heavy (non-hydrogen) atoms. The molecule has 0 bridgehead atoms. The summed E-state index contributed by atoms with van der Waals surface area (Å²) in [5.41, 5.74) is 0. The lowest BCUT2D eigenvalue weighted by atomic mass is 10.2. The minimum atomic E-state index is -3.58. The summed E-state index contributed by atoms with van der Waals surface area (Å²) in [6.45, 7) is 0.974. The fourth-order valence-corrected chi connectivity index (χ4v) is 3.99. The van der Waals surface area contributed by atoms with Gasteiger partial charge >= 0.3 is 10.2 Å². The normalized spacial score (nSPS) is 19.6. The molecular formula is C10H20N2O4S2. The highest BCUT2D eigenvalue weighted by Crippen LogP contribution is 2.10. The largest absolute Gasteiger partial charge is 0.544 e. The number of carbonyl (C=O) groups is 1. The summed E-state index contributed by atoms with van der Waals surface area (Å²) in [6, 6.07) is -1.02. The highest BCUT2D eigenvalue weighted by molar-refractivity contribution is 7.98. The van der Waals surface area contributed by atoms with Crippen molar-refractivity contribution < 1.29 is 23.0 Å². The Kier molecular flexibility index (Phi) is 6.40. The maximum atomic E-state index is 12.0. The van der Waals surface area contributed by atoms with Crippen molar-refractivity contribution in [3.63, 3.8) is 0 Å². The van der Waals surface area contributed by atoms with Crippen LogP contribution in [0.25, 0.3) is 0 Å². The molecule has 0 saturated carbocycles. The van der Waals surface area contributed by atoms with Gasteiger partial charge in [-0.2, -0.15) is 24.5 Å². The summed E-state index contributed by atoms with van der Waals surface area (Å²) in [7, 11) is -3.58. The van der Waals surface area contributed by atoms with Crippen LogP contribution < -0.4 is 9.83 Å². The predicted molar refractivity (Wildman–Crippen MR) is 68.1 cm³/mol. The Balaban J connectivity index is 2.62. The third-order valence-corrected chi connectivity index (χ3v) is 5.35. The first-order valence-corrected chi connectivity index (χ1v) is 8.92. The van der Waals surface area contributed by atoms with Gasteiger partial charge in [0.25, 0.3) is 0 Å². The van der Waals surface area contributed by atoms with E-state index >= 15 is 0 Å². The lowest BCUT2D eigenvalue weighted by Crippen LogP contribution is -2.97. The van der Waals surface area contributed by atoms with Gasteiger partial charge in [-0.25, -0.2) is 4.72 Å². The Morgan fingerprint density at radius 1 is 1.39 bits per heavy atom. The Morgan fingerprint density at radius 3 is 2.50 bits per heavy atom. The number of carboxylic acids is 1. The first kappa shape index (κ1) is 15.7. The molecule has 0 spiro atoms. The van der Waals surface area contributed by atoms with Gasteiger partial charge in [0.05, 0.1) is 0 Å². The second kappa shape index (κ2) is 7.32. The van der Waals surface area contributed by atoms with Crippen LogP contribution in [0.15, 0.2) is 0 Å². The number of rotatable bonds is 7. The van der Waals surface area contributed by atoms with E-state index in [0.29, 0.717) is 18.8 Å². The lowest BCUT2D eigenvalue weighted by Gasteiger charge is -2.26. The molecule has 0 radical (unpaired) electrons. The van der Waals surface area contributed by atoms with Gasteiger partial charge in [-0.1, -0.05) is 6.42 Å². The van der Waals surface area contributed by atoms with Gasteiger partial charge < -0.3 is 9.90 Å². The van der Waals surface area contributed by atoms with Crippen molar-refractivity contribution in [1.29, 1.82) is 0 Å². The van der Waals surface area contributed by atoms with E-state index in [4.69, 9.17) is 0 Å². The molecule has 1 heterocycles. The zero-order valence-corrected chi connectivity index (χ0v) is 12.1. The molecule has 0 unspecified atom stereocenters. The number of quaternary nitrogens is 1. The van der Waals surface area contributed by atoms with E-state index in [9.17, 15) is 18.3 Å². The van der Waals surface area contributed by atoms with Crippen molar-refractivity contribution in [3.8, 4) is 0 Å². The first-order valence-electron chi connectivity index (χ1n) is 6.02. The van der Waals surface area contributed by atoms with Gasteiger partial charge in [-0.15, -0.1) is 0 Å². The van der Waals surface area contributed by atoms with Crippen LogP contribution in [0.4, 0.5) is 0 Å². The van der Waals surface area contributed by atoms with E-state index < -0.39 is 22.2 Å². The average molecular weight is 296 g/mol. The minimum Gasteiger partial charge on any atom is -0.544 e. The number of aliphatic carboxylic acids is 1. The third kappa shape index (κ3) is 4.75. The smallest absolute Gasteiger partial charge is 0.369 e. The zero-order valence-electron chi connectivity index (χ0n) is 10.5. The van der Waals surface area contributed by atoms with E-state index in [-0.39, 0.29) is 6.42 Å². The Labute approximate surface area is 112 Å². The fourth-order valence-electron chi connectivity index (χ4n) is 1.90. The van der Waals surface area contributed by atoms with Crippen LogP contribution in [-0.2, 0) is 15.0 Å². The van der Waals surface area contributed by atoms with Gasteiger partial charge in [0.1, 0.15) is 12.0 Å². The van der Waals surface area contributed by atoms with Crippen LogP contribution in [0.1, 0.15) is 25.7 Å². The minimum absolute atomic E-state index is 0.288. The molecule has 0 aliphatic carbocycles. The second-order valence-electron chi connectivity index (χ2n) is 4.35. The molecule has 8 heteroatoms. The summed E-state index contributed by atoms with van der Waals surface area (Å²) in [5, 5.41) is 10.9. The molecular weight excluding hydrogens is 276 g/mol. The summed E-state index contributed by atoms with van der Waals surface area (Å²) >= 11 is 1.49. The van der Waals surface area contributed by atoms with E-state index in [1.807, 2.05) is 6.26 Å². The van der Waals surface area contributed by atoms with Crippen molar-refractivity contribution in [3.05, 3.63) is 0 Å². The van der Waals surface area contributed by atoms with Gasteiger partial charge in [0, 0.05) is 19.5 Å². The number of nitrogens with two attached hydrogens (primary N) is 1. The number of carboxylic acid groups (broad SMARTS) is 1. The van der Waals surface area contributed by atoms with Gasteiger partial charge in [0.2, 0.25) is 0 Å². The number of carbonyl (C=O) groups excluding carboxylic acids is 1. The topological polar surface area (TPSA) is 94.1 Å². The third-order valence-electron chi connectivity index (χ3n) is 2.95. The molecule has 1 rings (SSSR count). The van der Waals surface area contributed by atoms with Gasteiger partial charge in [-0.05, 0) is 24.9 Å². The standard InChI is InChI=1S/C10H20N2O4S2/c1-17-8-5-9(10(13)14)11-18(15,16)12-6-3-2-4-7-12/h9,11H,2-8H2,1H3,(H,13,14)/t9-/m0/s1. The molecule has 1 atom stereocenters. The van der Waals surface area contributed by atoms with E-state index in [0.717, 1.165) is 24.0 Å². The fraction of sp³-hybridized carbons (Fsp3) is 0.900. The summed E-state index contributed by atoms with van der Waals surface area (Å²) in [6.07, 6.45) is 4.85. The molecule has 0 aromatic rings. The molecule has 106 valence electrons. The molecule has 1 aliphatic heterocycles. The molecule has 1 saturated heterocycles. The van der Waals surface area contributed by atoms with Crippen molar-refractivity contribution in [1.82, 2.24) is 4.31 Å². The van der Waals surface area contributed by atoms with E-state index in [1.165, 1.54) is 16.1 Å². The molecule has 6 nitrogen and oxygen atoms in total. The maximum Gasteiger partial charge on any atom is 0.369 e. The van der Waals surface area contributed by atoms with Crippen LogP contribution in [0.5, 0.6) is 0 Å². The molecule has 1 fully saturated rings. The molecule has 0 aromatic carbocycles. The quantitative estimate of drug-likeness (QED) is 0.595. The highest BCUT2D eigenvalue weighted by atomic mass is 32.2. The van der Waals surface area contributed by atoms with Crippen LogP contribution in [0.3, 0.4) is 0 Å². The zero-order chi connectivity index (χ0) is 13.6. The monoisotopic (exact) mass is 296 g/mol. The van der Waals surface area contributed by atoms with Crippen molar-refractivity contribution in [2.75, 3.05) is 25.1 Å².